The van der Waals surface area contributed by atoms with Crippen LogP contribution in [0.3, 0.4) is 0 Å². The molecule has 2 rings (SSSR count). The first-order valence-electron chi connectivity index (χ1n) is 4.40. The number of hydrogen-bond donors (Lipinski definition) is 1. The molecule has 0 saturated carbocycles. The maximum absolute atomic E-state index is 11.6. The number of carbonyl (C=O) groups is 1. The number of rotatable bonds is 2. The average molecular weight is 222 g/mol. The summed E-state index contributed by atoms with van der Waals surface area (Å²) in [5, 5.41) is 10.4. The van der Waals surface area contributed by atoms with Gasteiger partial charge in [0.05, 0.1) is 10.5 Å². The Balaban J connectivity index is 2.62. The summed E-state index contributed by atoms with van der Waals surface area (Å²) in [6.07, 6.45) is 3.14. The molecule has 15 heavy (non-hydrogen) atoms. The molecule has 0 bridgehead atoms. The molecule has 1 aromatic heterocycles. The lowest BCUT2D eigenvalue weighted by atomic mass is 10.1. The fourth-order valence-electron chi connectivity index (χ4n) is 1.31. The lowest BCUT2D eigenvalue weighted by Crippen LogP contribution is -1.95. The van der Waals surface area contributed by atoms with Gasteiger partial charge in [-0.1, -0.05) is 22.9 Å². The molecule has 0 aliphatic rings. The number of halogens is 1. The van der Waals surface area contributed by atoms with Gasteiger partial charge >= 0.3 is 0 Å². The van der Waals surface area contributed by atoms with Gasteiger partial charge in [0.2, 0.25) is 0 Å². The summed E-state index contributed by atoms with van der Waals surface area (Å²) >= 11 is 6.04. The third kappa shape index (κ3) is 1.64. The Morgan fingerprint density at radius 2 is 2.33 bits per heavy atom. The van der Waals surface area contributed by atoms with Crippen molar-refractivity contribution in [3.63, 3.8) is 0 Å². The second kappa shape index (κ2) is 3.82. The first-order valence-corrected chi connectivity index (χ1v) is 4.78. The summed E-state index contributed by atoms with van der Waals surface area (Å²) in [5.74, 6) is -0.132. The van der Waals surface area contributed by atoms with Crippen LogP contribution in [0.25, 0.3) is 11.0 Å². The Bertz CT molecular complexity index is 545. The van der Waals surface area contributed by atoms with E-state index in [9.17, 15) is 4.79 Å². The Hall–Kier alpha value is -1.68. The van der Waals surface area contributed by atoms with E-state index in [0.717, 1.165) is 5.52 Å². The summed E-state index contributed by atoms with van der Waals surface area (Å²) in [6, 6.07) is 3.39. The van der Waals surface area contributed by atoms with E-state index in [4.69, 9.17) is 11.6 Å². The highest BCUT2D eigenvalue weighted by atomic mass is 35.5. The SMILES string of the molecule is CC=CC(=O)c1ccc2[nH]nnc2c1Cl. The van der Waals surface area contributed by atoms with Crippen LogP contribution in [0.5, 0.6) is 0 Å². The van der Waals surface area contributed by atoms with Crippen LogP contribution in [-0.4, -0.2) is 21.2 Å². The number of benzene rings is 1. The first kappa shape index (κ1) is 9.86. The summed E-state index contributed by atoms with van der Waals surface area (Å²) in [7, 11) is 0. The molecule has 0 unspecified atom stereocenters. The monoisotopic (exact) mass is 221 g/mol. The summed E-state index contributed by atoms with van der Waals surface area (Å²) < 4.78 is 0. The van der Waals surface area contributed by atoms with Crippen LogP contribution in [0.1, 0.15) is 17.3 Å². The fourth-order valence-corrected chi connectivity index (χ4v) is 1.61. The maximum Gasteiger partial charge on any atom is 0.187 e. The summed E-state index contributed by atoms with van der Waals surface area (Å²) in [6.45, 7) is 1.78. The summed E-state index contributed by atoms with van der Waals surface area (Å²) in [4.78, 5) is 11.6. The van der Waals surface area contributed by atoms with E-state index >= 15 is 0 Å². The highest BCUT2D eigenvalue weighted by Gasteiger charge is 2.12. The number of carbonyl (C=O) groups excluding carboxylic acids is 1. The van der Waals surface area contributed by atoms with Crippen molar-refractivity contribution in [3.05, 3.63) is 34.9 Å². The zero-order chi connectivity index (χ0) is 10.8. The number of nitrogens with zero attached hydrogens (tertiary/aromatic N) is 2. The van der Waals surface area contributed by atoms with E-state index in [2.05, 4.69) is 15.4 Å². The van der Waals surface area contributed by atoms with Crippen molar-refractivity contribution < 1.29 is 4.79 Å². The molecule has 0 aliphatic carbocycles. The van der Waals surface area contributed by atoms with Crippen molar-refractivity contribution in [2.24, 2.45) is 0 Å². The molecule has 76 valence electrons. The van der Waals surface area contributed by atoms with Gasteiger partial charge in [0.25, 0.3) is 0 Å². The fraction of sp³-hybridized carbons (Fsp3) is 0.100. The van der Waals surface area contributed by atoms with Gasteiger partial charge in [0, 0.05) is 5.56 Å². The standard InChI is InChI=1S/C10H8ClN3O/c1-2-3-8(15)6-4-5-7-10(9(6)11)13-14-12-7/h2-5H,1H3,(H,12,13,14). The van der Waals surface area contributed by atoms with Gasteiger partial charge in [0.1, 0.15) is 5.52 Å². The number of H-pyrrole nitrogens is 1. The van der Waals surface area contributed by atoms with Crippen LogP contribution in [0.4, 0.5) is 0 Å². The molecule has 0 amide bonds. The van der Waals surface area contributed by atoms with Crippen molar-refractivity contribution in [1.82, 2.24) is 15.4 Å². The normalized spacial score (nSPS) is 11.3. The Kier molecular flexibility index (Phi) is 2.51. The molecular weight excluding hydrogens is 214 g/mol. The third-order valence-corrected chi connectivity index (χ3v) is 2.40. The topological polar surface area (TPSA) is 58.6 Å². The zero-order valence-electron chi connectivity index (χ0n) is 7.99. The van der Waals surface area contributed by atoms with Gasteiger partial charge < -0.3 is 0 Å². The Labute approximate surface area is 90.9 Å². The van der Waals surface area contributed by atoms with E-state index < -0.39 is 0 Å². The lowest BCUT2D eigenvalue weighted by molar-refractivity contribution is 0.104. The Morgan fingerprint density at radius 1 is 1.53 bits per heavy atom. The molecule has 4 nitrogen and oxygen atoms in total. The molecule has 0 radical (unpaired) electrons. The van der Waals surface area contributed by atoms with Crippen molar-refractivity contribution >= 4 is 28.4 Å². The van der Waals surface area contributed by atoms with Gasteiger partial charge in [-0.25, -0.2) is 0 Å². The van der Waals surface area contributed by atoms with Crippen LogP contribution >= 0.6 is 11.6 Å². The molecule has 0 spiro atoms. The third-order valence-electron chi connectivity index (χ3n) is 2.02. The molecule has 0 fully saturated rings. The summed E-state index contributed by atoms with van der Waals surface area (Å²) in [5.41, 5.74) is 1.68. The van der Waals surface area contributed by atoms with Crippen LogP contribution in [0, 0.1) is 0 Å². The quantitative estimate of drug-likeness (QED) is 0.626. The second-order valence-corrected chi connectivity index (χ2v) is 3.38. The highest BCUT2D eigenvalue weighted by molar-refractivity contribution is 6.38. The second-order valence-electron chi connectivity index (χ2n) is 3.00. The van der Waals surface area contributed by atoms with E-state index in [0.29, 0.717) is 16.1 Å². The number of allylic oxidation sites excluding steroid dienone is 2. The van der Waals surface area contributed by atoms with Gasteiger partial charge in [-0.2, -0.15) is 0 Å². The minimum Gasteiger partial charge on any atom is -0.289 e. The Morgan fingerprint density at radius 3 is 3.07 bits per heavy atom. The number of aromatic amines is 1. The van der Waals surface area contributed by atoms with E-state index in [-0.39, 0.29) is 5.78 Å². The van der Waals surface area contributed by atoms with Crippen LogP contribution in [0.2, 0.25) is 5.02 Å². The van der Waals surface area contributed by atoms with E-state index in [1.807, 2.05) is 0 Å². The van der Waals surface area contributed by atoms with Gasteiger partial charge in [-0.3, -0.25) is 9.89 Å². The van der Waals surface area contributed by atoms with Crippen LogP contribution < -0.4 is 0 Å². The molecule has 1 heterocycles. The number of nitrogens with one attached hydrogen (secondary N) is 1. The lowest BCUT2D eigenvalue weighted by Gasteiger charge is -1.99. The van der Waals surface area contributed by atoms with Gasteiger partial charge in [-0.15, -0.1) is 5.10 Å². The average Bonchev–Trinajstić information content (AvgIpc) is 2.67. The molecule has 5 heteroatoms. The van der Waals surface area contributed by atoms with Crippen molar-refractivity contribution in [2.45, 2.75) is 6.92 Å². The minimum absolute atomic E-state index is 0.132. The molecule has 1 N–H and O–H groups in total. The predicted molar refractivity (Wildman–Crippen MR) is 58.0 cm³/mol. The highest BCUT2D eigenvalue weighted by Crippen LogP contribution is 2.24. The van der Waals surface area contributed by atoms with Gasteiger partial charge in [0.15, 0.2) is 5.78 Å². The van der Waals surface area contributed by atoms with Crippen molar-refractivity contribution in [2.75, 3.05) is 0 Å². The van der Waals surface area contributed by atoms with E-state index in [1.54, 1.807) is 25.1 Å². The molecule has 2 aromatic rings. The smallest absolute Gasteiger partial charge is 0.187 e. The molecular formula is C10H8ClN3O. The number of aromatic nitrogens is 3. The molecule has 0 atom stereocenters. The zero-order valence-corrected chi connectivity index (χ0v) is 8.75. The number of fused-ring (bicyclic) bond motifs is 1. The van der Waals surface area contributed by atoms with Crippen LogP contribution in [0.15, 0.2) is 24.3 Å². The predicted octanol–water partition coefficient (Wildman–Crippen LogP) is 2.37. The molecule has 0 saturated heterocycles. The maximum atomic E-state index is 11.6. The number of hydrogen-bond acceptors (Lipinski definition) is 3. The largest absolute Gasteiger partial charge is 0.289 e. The molecule has 0 aliphatic heterocycles. The minimum atomic E-state index is -0.132. The number of ketones is 1. The first-order chi connectivity index (χ1) is 7.24. The van der Waals surface area contributed by atoms with Crippen LogP contribution in [-0.2, 0) is 0 Å². The van der Waals surface area contributed by atoms with Gasteiger partial charge in [-0.05, 0) is 25.1 Å². The van der Waals surface area contributed by atoms with Crippen molar-refractivity contribution in [3.8, 4) is 0 Å². The molecule has 1 aromatic carbocycles. The van der Waals surface area contributed by atoms with Crippen molar-refractivity contribution in [1.29, 1.82) is 0 Å². The van der Waals surface area contributed by atoms with E-state index in [1.165, 1.54) is 6.08 Å².